The average Bonchev–Trinajstić information content (AvgIpc) is 2.74. The van der Waals surface area contributed by atoms with Crippen molar-refractivity contribution in [3.8, 4) is 0 Å². The van der Waals surface area contributed by atoms with Crippen LogP contribution in [0.2, 0.25) is 0 Å². The monoisotopic (exact) mass is 320 g/mol. The van der Waals surface area contributed by atoms with Crippen LogP contribution in [0, 0.1) is 0 Å². The lowest BCUT2D eigenvalue weighted by molar-refractivity contribution is 0.0989. The molecule has 1 aromatic heterocycles. The van der Waals surface area contributed by atoms with E-state index in [1.54, 1.807) is 11.8 Å². The maximum Gasteiger partial charge on any atom is 0.182 e. The van der Waals surface area contributed by atoms with Crippen molar-refractivity contribution in [1.29, 1.82) is 0 Å². The standard InChI is InChI=1S/C11H13BrO2S2/c12-11-2-1-10(16-11)9(13)7-15-8-3-5-14-6-4-8/h1-2,8H,3-7H2. The highest BCUT2D eigenvalue weighted by molar-refractivity contribution is 9.11. The van der Waals surface area contributed by atoms with Crippen molar-refractivity contribution in [3.05, 3.63) is 20.8 Å². The molecule has 0 aliphatic carbocycles. The molecule has 0 N–H and O–H groups in total. The van der Waals surface area contributed by atoms with Gasteiger partial charge in [0.1, 0.15) is 0 Å². The maximum absolute atomic E-state index is 11.8. The minimum absolute atomic E-state index is 0.243. The highest BCUT2D eigenvalue weighted by Crippen LogP contribution is 2.26. The molecule has 0 bridgehead atoms. The van der Waals surface area contributed by atoms with Crippen molar-refractivity contribution in [1.82, 2.24) is 0 Å². The number of carbonyl (C=O) groups excluding carboxylic acids is 1. The quantitative estimate of drug-likeness (QED) is 0.793. The Labute approximate surface area is 112 Å². The van der Waals surface area contributed by atoms with Gasteiger partial charge in [-0.3, -0.25) is 4.79 Å². The van der Waals surface area contributed by atoms with E-state index in [1.807, 2.05) is 12.1 Å². The highest BCUT2D eigenvalue weighted by atomic mass is 79.9. The van der Waals surface area contributed by atoms with Gasteiger partial charge in [-0.15, -0.1) is 11.3 Å². The highest BCUT2D eigenvalue weighted by Gasteiger charge is 2.16. The summed E-state index contributed by atoms with van der Waals surface area (Å²) < 4.78 is 6.31. The molecule has 1 saturated heterocycles. The number of hydrogen-bond donors (Lipinski definition) is 0. The molecule has 2 rings (SSSR count). The van der Waals surface area contributed by atoms with Crippen molar-refractivity contribution in [3.63, 3.8) is 0 Å². The van der Waals surface area contributed by atoms with Crippen LogP contribution in [-0.2, 0) is 4.74 Å². The van der Waals surface area contributed by atoms with E-state index in [9.17, 15) is 4.79 Å². The van der Waals surface area contributed by atoms with Crippen molar-refractivity contribution in [2.45, 2.75) is 18.1 Å². The lowest BCUT2D eigenvalue weighted by Crippen LogP contribution is -2.19. The summed E-state index contributed by atoms with van der Waals surface area (Å²) in [6.45, 7) is 1.69. The second-order valence-electron chi connectivity index (χ2n) is 3.65. The van der Waals surface area contributed by atoms with Gasteiger partial charge in [0.25, 0.3) is 0 Å². The van der Waals surface area contributed by atoms with E-state index in [0.717, 1.165) is 34.7 Å². The van der Waals surface area contributed by atoms with Gasteiger partial charge < -0.3 is 4.74 Å². The lowest BCUT2D eigenvalue weighted by atomic mass is 10.2. The molecule has 0 saturated carbocycles. The molecule has 1 aliphatic rings. The average molecular weight is 321 g/mol. The van der Waals surface area contributed by atoms with Crippen LogP contribution in [0.5, 0.6) is 0 Å². The van der Waals surface area contributed by atoms with Gasteiger partial charge in [0.05, 0.1) is 14.4 Å². The molecule has 1 aliphatic heterocycles. The van der Waals surface area contributed by atoms with Crippen LogP contribution in [0.25, 0.3) is 0 Å². The first kappa shape index (κ1) is 12.6. The van der Waals surface area contributed by atoms with E-state index in [0.29, 0.717) is 11.0 Å². The van der Waals surface area contributed by atoms with E-state index in [-0.39, 0.29) is 5.78 Å². The van der Waals surface area contributed by atoms with Gasteiger partial charge in [-0.25, -0.2) is 0 Å². The smallest absolute Gasteiger partial charge is 0.182 e. The number of thioether (sulfide) groups is 1. The van der Waals surface area contributed by atoms with E-state index in [4.69, 9.17) is 4.74 Å². The minimum atomic E-state index is 0.243. The van der Waals surface area contributed by atoms with Gasteiger partial charge >= 0.3 is 0 Å². The molecular formula is C11H13BrO2S2. The first-order valence-electron chi connectivity index (χ1n) is 5.23. The molecule has 88 valence electrons. The van der Waals surface area contributed by atoms with Crippen LogP contribution >= 0.6 is 39.0 Å². The van der Waals surface area contributed by atoms with Gasteiger partial charge in [0, 0.05) is 18.5 Å². The topological polar surface area (TPSA) is 26.3 Å². The van der Waals surface area contributed by atoms with E-state index >= 15 is 0 Å². The van der Waals surface area contributed by atoms with Crippen LogP contribution < -0.4 is 0 Å². The van der Waals surface area contributed by atoms with Crippen LogP contribution in [0.15, 0.2) is 15.9 Å². The van der Waals surface area contributed by atoms with E-state index in [1.165, 1.54) is 11.3 Å². The summed E-state index contributed by atoms with van der Waals surface area (Å²) >= 11 is 6.65. The van der Waals surface area contributed by atoms with Gasteiger partial charge in [-0.2, -0.15) is 11.8 Å². The molecule has 16 heavy (non-hydrogen) atoms. The normalized spacial score (nSPS) is 17.6. The molecule has 2 nitrogen and oxygen atoms in total. The number of carbonyl (C=O) groups is 1. The Hall–Kier alpha value is 0.160. The summed E-state index contributed by atoms with van der Waals surface area (Å²) in [5.41, 5.74) is 0. The van der Waals surface area contributed by atoms with Crippen LogP contribution in [0.1, 0.15) is 22.5 Å². The predicted octanol–water partition coefficient (Wildman–Crippen LogP) is 3.61. The van der Waals surface area contributed by atoms with E-state index in [2.05, 4.69) is 15.9 Å². The first-order valence-corrected chi connectivity index (χ1v) is 7.89. The molecule has 5 heteroatoms. The third-order valence-corrected chi connectivity index (χ3v) is 5.50. The Kier molecular flexibility index (Phi) is 4.88. The zero-order valence-corrected chi connectivity index (χ0v) is 12.0. The van der Waals surface area contributed by atoms with Crippen LogP contribution in [-0.4, -0.2) is 30.0 Å². The Morgan fingerprint density at radius 1 is 1.50 bits per heavy atom. The lowest BCUT2D eigenvalue weighted by Gasteiger charge is -2.20. The molecule has 0 radical (unpaired) electrons. The summed E-state index contributed by atoms with van der Waals surface area (Å²) in [5.74, 6) is 0.838. The van der Waals surface area contributed by atoms with Gasteiger partial charge in [-0.1, -0.05) is 0 Å². The number of ether oxygens (including phenoxy) is 1. The number of rotatable bonds is 4. The van der Waals surface area contributed by atoms with Crippen molar-refractivity contribution in [2.75, 3.05) is 19.0 Å². The maximum atomic E-state index is 11.8. The second-order valence-corrected chi connectivity index (χ2v) is 7.40. The van der Waals surface area contributed by atoms with Crippen molar-refractivity contribution >= 4 is 44.8 Å². The van der Waals surface area contributed by atoms with Crippen molar-refractivity contribution in [2.24, 2.45) is 0 Å². The number of hydrogen-bond acceptors (Lipinski definition) is 4. The Morgan fingerprint density at radius 2 is 2.25 bits per heavy atom. The zero-order chi connectivity index (χ0) is 11.4. The van der Waals surface area contributed by atoms with Gasteiger partial charge in [0.2, 0.25) is 0 Å². The Bertz CT molecular complexity index is 359. The fraction of sp³-hybridized carbons (Fsp3) is 0.545. The molecule has 0 unspecified atom stereocenters. The van der Waals surface area contributed by atoms with Crippen molar-refractivity contribution < 1.29 is 9.53 Å². The van der Waals surface area contributed by atoms with E-state index < -0.39 is 0 Å². The summed E-state index contributed by atoms with van der Waals surface area (Å²) in [7, 11) is 0. The minimum Gasteiger partial charge on any atom is -0.381 e. The molecule has 1 fully saturated rings. The predicted molar refractivity (Wildman–Crippen MR) is 72.6 cm³/mol. The van der Waals surface area contributed by atoms with Crippen LogP contribution in [0.3, 0.4) is 0 Å². The SMILES string of the molecule is O=C(CSC1CCOCC1)c1ccc(Br)s1. The summed E-state index contributed by atoms with van der Waals surface area (Å²) in [6, 6.07) is 3.82. The zero-order valence-electron chi connectivity index (χ0n) is 8.78. The number of halogens is 1. The summed E-state index contributed by atoms with van der Waals surface area (Å²) in [6.07, 6.45) is 2.15. The molecule has 0 amide bonds. The molecule has 0 atom stereocenters. The molecule has 0 aromatic carbocycles. The molecule has 2 heterocycles. The molecular weight excluding hydrogens is 308 g/mol. The molecule has 0 spiro atoms. The van der Waals surface area contributed by atoms with Gasteiger partial charge in [0.15, 0.2) is 5.78 Å². The number of thiophene rings is 1. The Morgan fingerprint density at radius 3 is 2.88 bits per heavy atom. The third-order valence-electron chi connectivity index (χ3n) is 2.47. The summed E-state index contributed by atoms with van der Waals surface area (Å²) in [5, 5.41) is 0.598. The number of Topliss-reactive ketones (excluding diaryl/α,β-unsaturated/α-hetero) is 1. The largest absolute Gasteiger partial charge is 0.381 e. The molecule has 1 aromatic rings. The Balaban J connectivity index is 1.79. The fourth-order valence-electron chi connectivity index (χ4n) is 1.57. The number of ketones is 1. The van der Waals surface area contributed by atoms with Gasteiger partial charge in [-0.05, 0) is 40.9 Å². The fourth-order valence-corrected chi connectivity index (χ4v) is 4.05. The second kappa shape index (κ2) is 6.19. The first-order chi connectivity index (χ1) is 7.75. The third kappa shape index (κ3) is 3.58. The van der Waals surface area contributed by atoms with Crippen LogP contribution in [0.4, 0.5) is 0 Å². The summed E-state index contributed by atoms with van der Waals surface area (Å²) in [4.78, 5) is 12.7.